The number of aliphatic carboxylic acids is 1. The molecular weight excluding hydrogens is 504 g/mol. The minimum atomic E-state index is -0.897. The van der Waals surface area contributed by atoms with Crippen molar-refractivity contribution >= 4 is 28.6 Å². The van der Waals surface area contributed by atoms with E-state index in [1.165, 1.54) is 15.8 Å². The summed E-state index contributed by atoms with van der Waals surface area (Å²) in [6.45, 7) is 15.4. The maximum Gasteiger partial charge on any atom is 0.309 e. The van der Waals surface area contributed by atoms with E-state index >= 15 is 0 Å². The van der Waals surface area contributed by atoms with E-state index in [-0.39, 0.29) is 4.75 Å². The number of carbonyl (C=O) groups is 1. The van der Waals surface area contributed by atoms with E-state index in [2.05, 4.69) is 86.6 Å². The van der Waals surface area contributed by atoms with Crippen LogP contribution < -0.4 is 4.74 Å². The van der Waals surface area contributed by atoms with Crippen molar-refractivity contribution < 1.29 is 14.6 Å². The molecule has 0 aliphatic heterocycles. The third-order valence-electron chi connectivity index (χ3n) is 6.98. The minimum absolute atomic E-state index is 0.0247. The van der Waals surface area contributed by atoms with Gasteiger partial charge in [0.2, 0.25) is 5.88 Å². The molecular formula is C33H40N2O3S. The summed E-state index contributed by atoms with van der Waals surface area (Å²) in [5.41, 5.74) is 5.90. The first-order valence-corrected chi connectivity index (χ1v) is 14.3. The lowest BCUT2D eigenvalue weighted by molar-refractivity contribution is -0.146. The van der Waals surface area contributed by atoms with Crippen molar-refractivity contribution in [2.45, 2.75) is 77.0 Å². The van der Waals surface area contributed by atoms with Crippen LogP contribution in [0.2, 0.25) is 0 Å². The summed E-state index contributed by atoms with van der Waals surface area (Å²) in [5.74, 6) is 0.215. The van der Waals surface area contributed by atoms with Gasteiger partial charge in [0, 0.05) is 57.0 Å². The maximum absolute atomic E-state index is 12.2. The van der Waals surface area contributed by atoms with Crippen LogP contribution in [-0.4, -0.2) is 32.5 Å². The predicted octanol–water partition coefficient (Wildman–Crippen LogP) is 8.43. The molecule has 5 nitrogen and oxygen atoms in total. The van der Waals surface area contributed by atoms with Gasteiger partial charge in [0.05, 0.1) is 12.5 Å². The highest BCUT2D eigenvalue weighted by Crippen LogP contribution is 2.44. The number of hydrogen-bond acceptors (Lipinski definition) is 4. The number of aromatic nitrogens is 2. The highest BCUT2D eigenvalue weighted by molar-refractivity contribution is 8.00. The van der Waals surface area contributed by atoms with Gasteiger partial charge in [-0.25, -0.2) is 4.98 Å². The zero-order chi connectivity index (χ0) is 28.5. The lowest BCUT2D eigenvalue weighted by Crippen LogP contribution is -2.28. The first-order chi connectivity index (χ1) is 18.3. The van der Waals surface area contributed by atoms with Crippen LogP contribution in [0.25, 0.3) is 22.0 Å². The number of carboxylic acids is 1. The number of benzene rings is 2. The van der Waals surface area contributed by atoms with E-state index in [1.54, 1.807) is 7.11 Å². The molecule has 6 heteroatoms. The fourth-order valence-electron chi connectivity index (χ4n) is 4.68. The first-order valence-electron chi connectivity index (χ1n) is 13.5. The second kappa shape index (κ2) is 11.1. The van der Waals surface area contributed by atoms with Gasteiger partial charge in [0.1, 0.15) is 0 Å². The summed E-state index contributed by atoms with van der Waals surface area (Å²) in [5, 5.41) is 11.2. The van der Waals surface area contributed by atoms with Crippen LogP contribution in [0, 0.1) is 5.41 Å². The number of carboxylic acid groups (broad SMARTS) is 1. The second-order valence-corrected chi connectivity index (χ2v) is 14.0. The SMILES string of the molecule is COc1ccc(-c2ccc(Cn3c(CC(C)(C)C(=O)O)c(SC(C)(C)C)c4cc(C(C)C)ccc43)cc2)cn1. The zero-order valence-electron chi connectivity index (χ0n) is 24.3. The van der Waals surface area contributed by atoms with Gasteiger partial charge in [-0.2, -0.15) is 0 Å². The summed E-state index contributed by atoms with van der Waals surface area (Å²) in [4.78, 5) is 17.8. The Morgan fingerprint density at radius 2 is 1.67 bits per heavy atom. The van der Waals surface area contributed by atoms with Gasteiger partial charge in [0.15, 0.2) is 0 Å². The van der Waals surface area contributed by atoms with E-state index in [0.29, 0.717) is 24.8 Å². The van der Waals surface area contributed by atoms with Crippen molar-refractivity contribution in [3.8, 4) is 17.0 Å². The second-order valence-electron chi connectivity index (χ2n) is 12.2. The van der Waals surface area contributed by atoms with Crippen LogP contribution in [0.15, 0.2) is 65.7 Å². The number of pyridine rings is 1. The molecule has 0 atom stereocenters. The summed E-state index contributed by atoms with van der Waals surface area (Å²) in [7, 11) is 1.61. The molecule has 0 fully saturated rings. The van der Waals surface area contributed by atoms with E-state index in [0.717, 1.165) is 27.9 Å². The quantitative estimate of drug-likeness (QED) is 0.214. The summed E-state index contributed by atoms with van der Waals surface area (Å²) < 4.78 is 7.50. The number of fused-ring (bicyclic) bond motifs is 1. The summed E-state index contributed by atoms with van der Waals surface area (Å²) in [6, 6.07) is 19.1. The summed E-state index contributed by atoms with van der Waals surface area (Å²) in [6.07, 6.45) is 2.27. The normalized spacial score (nSPS) is 12.3. The molecule has 0 aliphatic rings. The molecule has 0 spiro atoms. The molecule has 0 bridgehead atoms. The molecule has 0 amide bonds. The van der Waals surface area contributed by atoms with Crippen molar-refractivity contribution in [3.05, 3.63) is 77.6 Å². The van der Waals surface area contributed by atoms with Gasteiger partial charge < -0.3 is 14.4 Å². The smallest absolute Gasteiger partial charge is 0.309 e. The number of methoxy groups -OCH3 is 1. The Morgan fingerprint density at radius 3 is 2.21 bits per heavy atom. The van der Waals surface area contributed by atoms with Crippen molar-refractivity contribution in [2.24, 2.45) is 5.41 Å². The van der Waals surface area contributed by atoms with Crippen LogP contribution in [-0.2, 0) is 17.8 Å². The first kappa shape index (κ1) is 28.8. The van der Waals surface area contributed by atoms with Gasteiger partial charge in [-0.05, 0) is 54.7 Å². The number of thioether (sulfide) groups is 1. The Kier molecular flexibility index (Phi) is 8.17. The van der Waals surface area contributed by atoms with Gasteiger partial charge in [0.25, 0.3) is 0 Å². The Balaban J connectivity index is 1.83. The molecule has 4 aromatic rings. The minimum Gasteiger partial charge on any atom is -0.481 e. The lowest BCUT2D eigenvalue weighted by atomic mass is 9.88. The predicted molar refractivity (Wildman–Crippen MR) is 162 cm³/mol. The van der Waals surface area contributed by atoms with Crippen molar-refractivity contribution in [3.63, 3.8) is 0 Å². The zero-order valence-corrected chi connectivity index (χ0v) is 25.1. The van der Waals surface area contributed by atoms with E-state index < -0.39 is 11.4 Å². The molecule has 2 heterocycles. The third-order valence-corrected chi connectivity index (χ3v) is 8.25. The summed E-state index contributed by atoms with van der Waals surface area (Å²) >= 11 is 1.83. The van der Waals surface area contributed by atoms with Gasteiger partial charge >= 0.3 is 5.97 Å². The fraction of sp³-hybridized carbons (Fsp3) is 0.394. The lowest BCUT2D eigenvalue weighted by Gasteiger charge is -2.24. The van der Waals surface area contributed by atoms with Crippen molar-refractivity contribution in [1.82, 2.24) is 9.55 Å². The largest absolute Gasteiger partial charge is 0.481 e. The number of nitrogens with zero attached hydrogens (tertiary/aromatic N) is 2. The Hall–Kier alpha value is -3.25. The molecule has 0 saturated heterocycles. The van der Waals surface area contributed by atoms with Gasteiger partial charge in [-0.15, -0.1) is 11.8 Å². The molecule has 1 N–H and O–H groups in total. The van der Waals surface area contributed by atoms with Crippen LogP contribution in [0.4, 0.5) is 0 Å². The van der Waals surface area contributed by atoms with Crippen molar-refractivity contribution in [1.29, 1.82) is 0 Å². The highest BCUT2D eigenvalue weighted by Gasteiger charge is 2.32. The van der Waals surface area contributed by atoms with E-state index in [4.69, 9.17) is 4.74 Å². The molecule has 4 rings (SSSR count). The van der Waals surface area contributed by atoms with Crippen LogP contribution >= 0.6 is 11.8 Å². The van der Waals surface area contributed by atoms with E-state index in [9.17, 15) is 9.90 Å². The number of rotatable bonds is 9. The molecule has 0 radical (unpaired) electrons. The van der Waals surface area contributed by atoms with Gasteiger partial charge in [-0.3, -0.25) is 4.79 Å². The molecule has 39 heavy (non-hydrogen) atoms. The topological polar surface area (TPSA) is 64.3 Å². The standard InChI is InChI=1S/C33H40N2O3S/c1-21(2)24-13-15-27-26(17-24)30(39-32(3,4)5)28(18-33(6,7)31(36)37)35(27)20-22-9-11-23(12-10-22)25-14-16-29(38-8)34-19-25/h9-17,19,21H,18,20H2,1-8H3,(H,36,37). The Morgan fingerprint density at radius 1 is 1.00 bits per heavy atom. The third kappa shape index (κ3) is 6.50. The Bertz CT molecular complexity index is 1460. The van der Waals surface area contributed by atoms with E-state index in [1.807, 2.05) is 43.9 Å². The van der Waals surface area contributed by atoms with Gasteiger partial charge in [-0.1, -0.05) is 65.0 Å². The monoisotopic (exact) mass is 544 g/mol. The van der Waals surface area contributed by atoms with Crippen LogP contribution in [0.3, 0.4) is 0 Å². The molecule has 2 aromatic heterocycles. The average Bonchev–Trinajstić information content (AvgIpc) is 3.14. The maximum atomic E-state index is 12.2. The Labute approximate surface area is 236 Å². The molecule has 0 unspecified atom stereocenters. The number of ether oxygens (including phenoxy) is 1. The van der Waals surface area contributed by atoms with Crippen LogP contribution in [0.5, 0.6) is 5.88 Å². The highest BCUT2D eigenvalue weighted by atomic mass is 32.2. The van der Waals surface area contributed by atoms with Crippen molar-refractivity contribution in [2.75, 3.05) is 7.11 Å². The number of hydrogen-bond donors (Lipinski definition) is 1. The molecule has 206 valence electrons. The molecule has 2 aromatic carbocycles. The average molecular weight is 545 g/mol. The fourth-order valence-corrected chi connectivity index (χ4v) is 5.87. The molecule has 0 saturated carbocycles. The van der Waals surface area contributed by atoms with Crippen LogP contribution in [0.1, 0.15) is 71.2 Å². The molecule has 0 aliphatic carbocycles.